The van der Waals surface area contributed by atoms with Crippen molar-refractivity contribution in [2.24, 2.45) is 7.05 Å². The highest BCUT2D eigenvalue weighted by Gasteiger charge is 2.31. The van der Waals surface area contributed by atoms with Crippen LogP contribution in [-0.2, 0) is 21.9 Å². The van der Waals surface area contributed by atoms with E-state index in [9.17, 15) is 13.2 Å². The van der Waals surface area contributed by atoms with E-state index in [1.54, 1.807) is 48.6 Å². The number of rotatable bonds is 5. The van der Waals surface area contributed by atoms with Crippen molar-refractivity contribution < 1.29 is 27.4 Å². The van der Waals surface area contributed by atoms with Crippen LogP contribution in [0.15, 0.2) is 29.4 Å². The number of nitrogens with zero attached hydrogens (tertiary/aromatic N) is 4. The Morgan fingerprint density at radius 1 is 1.16 bits per heavy atom. The Morgan fingerprint density at radius 3 is 2.68 bits per heavy atom. The van der Waals surface area contributed by atoms with Gasteiger partial charge in [-0.2, -0.15) is 4.31 Å². The van der Waals surface area contributed by atoms with Gasteiger partial charge in [-0.05, 0) is 32.4 Å². The molecule has 1 unspecified atom stereocenters. The lowest BCUT2D eigenvalue weighted by Gasteiger charge is -2.25. The summed E-state index contributed by atoms with van der Waals surface area (Å²) < 4.78 is 45.4. The number of carbonyl (C=O) groups excluding carboxylic acids is 1. The maximum Gasteiger partial charge on any atom is 0.263 e. The van der Waals surface area contributed by atoms with Gasteiger partial charge in [-0.1, -0.05) is 0 Å². The zero-order valence-corrected chi connectivity index (χ0v) is 18.6. The van der Waals surface area contributed by atoms with E-state index < -0.39 is 16.1 Å². The van der Waals surface area contributed by atoms with E-state index >= 15 is 0 Å². The standard InChI is InChI=1S/C20H26N4O6S/c1-14(30-16-5-6-17-18(11-16)29-13-28-17)20(25)23-7-4-8-24(10-9-23)31(26,27)19-12-22(3)15(2)21-19/h5-6,11-12,14H,4,7-10,13H2,1-3H3. The average molecular weight is 451 g/mol. The number of imidazole rings is 1. The summed E-state index contributed by atoms with van der Waals surface area (Å²) in [5.41, 5.74) is 0. The highest BCUT2D eigenvalue weighted by molar-refractivity contribution is 7.89. The van der Waals surface area contributed by atoms with Gasteiger partial charge in [0.2, 0.25) is 6.79 Å². The number of hydrogen-bond donors (Lipinski definition) is 0. The predicted molar refractivity (Wildman–Crippen MR) is 111 cm³/mol. The van der Waals surface area contributed by atoms with Gasteiger partial charge in [0.05, 0.1) is 0 Å². The highest BCUT2D eigenvalue weighted by Crippen LogP contribution is 2.35. The number of benzene rings is 1. The second-order valence-corrected chi connectivity index (χ2v) is 9.48. The second-order valence-electron chi connectivity index (χ2n) is 7.60. The van der Waals surface area contributed by atoms with Crippen LogP contribution in [-0.4, -0.2) is 72.2 Å². The third kappa shape index (κ3) is 4.33. The molecular formula is C20H26N4O6S. The molecular weight excluding hydrogens is 424 g/mol. The molecule has 0 radical (unpaired) electrons. The van der Waals surface area contributed by atoms with Gasteiger partial charge in [0.25, 0.3) is 15.9 Å². The van der Waals surface area contributed by atoms with E-state index in [2.05, 4.69) is 4.98 Å². The molecule has 11 heteroatoms. The van der Waals surface area contributed by atoms with Gasteiger partial charge in [0, 0.05) is 45.5 Å². The zero-order valence-electron chi connectivity index (χ0n) is 17.8. The first-order valence-electron chi connectivity index (χ1n) is 10.1. The number of sulfonamides is 1. The first-order valence-corrected chi connectivity index (χ1v) is 11.5. The van der Waals surface area contributed by atoms with Crippen LogP contribution in [0.1, 0.15) is 19.2 Å². The van der Waals surface area contributed by atoms with Crippen molar-refractivity contribution >= 4 is 15.9 Å². The third-order valence-electron chi connectivity index (χ3n) is 5.46. The molecule has 1 saturated heterocycles. The molecule has 3 heterocycles. The molecule has 2 aliphatic rings. The number of ether oxygens (including phenoxy) is 3. The van der Waals surface area contributed by atoms with Crippen molar-refractivity contribution in [2.45, 2.75) is 31.4 Å². The van der Waals surface area contributed by atoms with Crippen LogP contribution in [0.3, 0.4) is 0 Å². The minimum Gasteiger partial charge on any atom is -0.481 e. The number of hydrogen-bond acceptors (Lipinski definition) is 7. The van der Waals surface area contributed by atoms with E-state index in [1.165, 1.54) is 10.5 Å². The number of aryl methyl sites for hydroxylation is 2. The molecule has 1 fully saturated rings. The van der Waals surface area contributed by atoms with E-state index in [0.29, 0.717) is 49.1 Å². The number of aromatic nitrogens is 2. The topological polar surface area (TPSA) is 103 Å². The first-order chi connectivity index (χ1) is 14.8. The minimum absolute atomic E-state index is 0.0341. The maximum absolute atomic E-state index is 13.0. The lowest BCUT2D eigenvalue weighted by atomic mass is 10.2. The van der Waals surface area contributed by atoms with Crippen LogP contribution >= 0.6 is 0 Å². The molecule has 0 bridgehead atoms. The van der Waals surface area contributed by atoms with Crippen LogP contribution in [0.2, 0.25) is 0 Å². The van der Waals surface area contributed by atoms with Crippen LogP contribution in [0.25, 0.3) is 0 Å². The quantitative estimate of drug-likeness (QED) is 0.673. The van der Waals surface area contributed by atoms with E-state index in [1.807, 2.05) is 0 Å². The third-order valence-corrected chi connectivity index (χ3v) is 7.23. The average Bonchev–Trinajstić information content (AvgIpc) is 3.24. The van der Waals surface area contributed by atoms with Gasteiger partial charge < -0.3 is 23.7 Å². The van der Waals surface area contributed by atoms with Crippen molar-refractivity contribution in [1.29, 1.82) is 0 Å². The normalized spacial score (nSPS) is 18.0. The molecule has 0 spiro atoms. The molecule has 2 aliphatic heterocycles. The van der Waals surface area contributed by atoms with Crippen molar-refractivity contribution in [3.8, 4) is 17.2 Å². The van der Waals surface area contributed by atoms with Gasteiger partial charge in [-0.15, -0.1) is 0 Å². The van der Waals surface area contributed by atoms with Crippen molar-refractivity contribution in [3.63, 3.8) is 0 Å². The summed E-state index contributed by atoms with van der Waals surface area (Å²) in [4.78, 5) is 18.7. The molecule has 0 aliphatic carbocycles. The Kier molecular flexibility index (Phi) is 5.80. The smallest absolute Gasteiger partial charge is 0.263 e. The SMILES string of the molecule is Cc1nc(S(=O)(=O)N2CCCN(C(=O)C(C)Oc3ccc4c(c3)OCO4)CC2)cn1C. The molecule has 0 saturated carbocycles. The molecule has 1 aromatic heterocycles. The lowest BCUT2D eigenvalue weighted by molar-refractivity contribution is -0.137. The largest absolute Gasteiger partial charge is 0.481 e. The molecule has 168 valence electrons. The molecule has 4 rings (SSSR count). The van der Waals surface area contributed by atoms with Gasteiger partial charge in [-0.25, -0.2) is 13.4 Å². The van der Waals surface area contributed by atoms with Crippen LogP contribution in [0, 0.1) is 6.92 Å². The van der Waals surface area contributed by atoms with E-state index in [0.717, 1.165) is 0 Å². The summed E-state index contributed by atoms with van der Waals surface area (Å²) in [6.07, 6.45) is 1.33. The summed E-state index contributed by atoms with van der Waals surface area (Å²) in [5.74, 6) is 2.17. The molecule has 1 aromatic carbocycles. The zero-order chi connectivity index (χ0) is 22.2. The Balaban J connectivity index is 1.39. The Morgan fingerprint density at radius 2 is 1.94 bits per heavy atom. The molecule has 1 atom stereocenters. The molecule has 0 N–H and O–H groups in total. The van der Waals surface area contributed by atoms with Gasteiger partial charge in [0.1, 0.15) is 11.6 Å². The summed E-state index contributed by atoms with van der Waals surface area (Å²) >= 11 is 0. The van der Waals surface area contributed by atoms with Crippen LogP contribution < -0.4 is 14.2 Å². The van der Waals surface area contributed by atoms with Crippen molar-refractivity contribution in [1.82, 2.24) is 18.8 Å². The fraction of sp³-hybridized carbons (Fsp3) is 0.500. The van der Waals surface area contributed by atoms with Crippen LogP contribution in [0.4, 0.5) is 0 Å². The second kappa shape index (κ2) is 8.39. The summed E-state index contributed by atoms with van der Waals surface area (Å²) in [7, 11) is -1.95. The Labute approximate surface area is 181 Å². The van der Waals surface area contributed by atoms with E-state index in [-0.39, 0.29) is 24.3 Å². The van der Waals surface area contributed by atoms with Crippen LogP contribution in [0.5, 0.6) is 17.2 Å². The highest BCUT2D eigenvalue weighted by atomic mass is 32.2. The summed E-state index contributed by atoms with van der Waals surface area (Å²) in [6, 6.07) is 5.16. The summed E-state index contributed by atoms with van der Waals surface area (Å²) in [5, 5.41) is 0.0341. The molecule has 10 nitrogen and oxygen atoms in total. The van der Waals surface area contributed by atoms with Gasteiger partial charge >= 0.3 is 0 Å². The first kappa shape index (κ1) is 21.4. The fourth-order valence-corrected chi connectivity index (χ4v) is 5.09. The minimum atomic E-state index is -3.70. The maximum atomic E-state index is 13.0. The van der Waals surface area contributed by atoms with Crippen molar-refractivity contribution in [3.05, 3.63) is 30.2 Å². The number of amides is 1. The van der Waals surface area contributed by atoms with Gasteiger partial charge in [0.15, 0.2) is 22.6 Å². The number of fused-ring (bicyclic) bond motifs is 1. The van der Waals surface area contributed by atoms with Gasteiger partial charge in [-0.3, -0.25) is 4.79 Å². The Hall–Kier alpha value is -2.79. The molecule has 1 amide bonds. The predicted octanol–water partition coefficient (Wildman–Crippen LogP) is 1.15. The lowest BCUT2D eigenvalue weighted by Crippen LogP contribution is -2.43. The summed E-state index contributed by atoms with van der Waals surface area (Å²) in [6.45, 7) is 4.89. The molecule has 2 aromatic rings. The van der Waals surface area contributed by atoms with Crippen molar-refractivity contribution in [2.75, 3.05) is 33.0 Å². The van der Waals surface area contributed by atoms with E-state index in [4.69, 9.17) is 14.2 Å². The monoisotopic (exact) mass is 450 g/mol. The molecule has 31 heavy (non-hydrogen) atoms. The Bertz CT molecular complexity index is 1060. The number of carbonyl (C=O) groups is 1. The fourth-order valence-electron chi connectivity index (χ4n) is 3.60.